The van der Waals surface area contributed by atoms with Gasteiger partial charge in [-0.25, -0.2) is 4.98 Å². The first kappa shape index (κ1) is 18.5. The molecule has 2 aromatic rings. The van der Waals surface area contributed by atoms with E-state index in [1.54, 1.807) is 12.3 Å². The van der Waals surface area contributed by atoms with E-state index in [9.17, 15) is 4.79 Å². The third kappa shape index (κ3) is 6.67. The summed E-state index contributed by atoms with van der Waals surface area (Å²) in [4.78, 5) is 15.2. The molecule has 0 saturated heterocycles. The van der Waals surface area contributed by atoms with Crippen LogP contribution < -0.4 is 14.8 Å². The van der Waals surface area contributed by atoms with E-state index in [1.807, 2.05) is 63.3 Å². The topological polar surface area (TPSA) is 60.5 Å². The molecule has 132 valence electrons. The van der Waals surface area contributed by atoms with Gasteiger partial charge >= 0.3 is 0 Å². The highest BCUT2D eigenvalue weighted by Crippen LogP contribution is 2.23. The molecule has 1 N–H and O–H groups in total. The number of rotatable bonds is 7. The Morgan fingerprint density at radius 2 is 1.76 bits per heavy atom. The highest BCUT2D eigenvalue weighted by molar-refractivity contribution is 5.73. The largest absolute Gasteiger partial charge is 0.475 e. The first-order chi connectivity index (χ1) is 11.9. The Hall–Kier alpha value is -2.82. The number of aromatic nitrogens is 1. The predicted octanol–water partition coefficient (Wildman–Crippen LogP) is 4.20. The lowest BCUT2D eigenvalue weighted by Gasteiger charge is -2.10. The SMILES string of the molecule is CC(=O)NC(C)/C=C/c1ccc(Oc2ccc(OC(C)C)nc2)cc1. The summed E-state index contributed by atoms with van der Waals surface area (Å²) < 4.78 is 11.3. The minimum atomic E-state index is -0.0423. The molecule has 0 saturated carbocycles. The number of hydrogen-bond acceptors (Lipinski definition) is 4. The van der Waals surface area contributed by atoms with Crippen molar-refractivity contribution in [3.05, 3.63) is 54.2 Å². The fourth-order valence-electron chi connectivity index (χ4n) is 2.15. The van der Waals surface area contributed by atoms with Crippen LogP contribution in [-0.2, 0) is 4.79 Å². The Morgan fingerprint density at radius 1 is 1.08 bits per heavy atom. The predicted molar refractivity (Wildman–Crippen MR) is 98.8 cm³/mol. The lowest BCUT2D eigenvalue weighted by Crippen LogP contribution is -2.28. The molecular weight excluding hydrogens is 316 g/mol. The van der Waals surface area contributed by atoms with Crippen LogP contribution in [0.4, 0.5) is 0 Å². The van der Waals surface area contributed by atoms with E-state index in [-0.39, 0.29) is 18.1 Å². The summed E-state index contributed by atoms with van der Waals surface area (Å²) >= 11 is 0. The van der Waals surface area contributed by atoms with Crippen LogP contribution in [0.5, 0.6) is 17.4 Å². The average Bonchev–Trinajstić information content (AvgIpc) is 2.55. The van der Waals surface area contributed by atoms with E-state index in [4.69, 9.17) is 9.47 Å². The molecule has 2 rings (SSSR count). The van der Waals surface area contributed by atoms with E-state index in [0.717, 1.165) is 11.3 Å². The lowest BCUT2D eigenvalue weighted by molar-refractivity contribution is -0.119. The summed E-state index contributed by atoms with van der Waals surface area (Å²) in [6, 6.07) is 11.3. The quantitative estimate of drug-likeness (QED) is 0.820. The molecule has 0 radical (unpaired) electrons. The van der Waals surface area contributed by atoms with Crippen molar-refractivity contribution >= 4 is 12.0 Å². The van der Waals surface area contributed by atoms with Gasteiger partial charge in [-0.15, -0.1) is 0 Å². The van der Waals surface area contributed by atoms with Crippen LogP contribution >= 0.6 is 0 Å². The summed E-state index contributed by atoms with van der Waals surface area (Å²) in [7, 11) is 0. The van der Waals surface area contributed by atoms with Crippen molar-refractivity contribution in [2.24, 2.45) is 0 Å². The van der Waals surface area contributed by atoms with Gasteiger partial charge in [-0.1, -0.05) is 24.3 Å². The monoisotopic (exact) mass is 340 g/mol. The third-order valence-corrected chi connectivity index (χ3v) is 3.19. The Labute approximate surface area is 148 Å². The van der Waals surface area contributed by atoms with Crippen LogP contribution in [-0.4, -0.2) is 23.0 Å². The van der Waals surface area contributed by atoms with Crippen LogP contribution in [0.25, 0.3) is 6.08 Å². The molecule has 5 heteroatoms. The van der Waals surface area contributed by atoms with E-state index in [1.165, 1.54) is 6.92 Å². The van der Waals surface area contributed by atoms with Crippen molar-refractivity contribution in [2.75, 3.05) is 0 Å². The third-order valence-electron chi connectivity index (χ3n) is 3.19. The van der Waals surface area contributed by atoms with Gasteiger partial charge in [0.25, 0.3) is 0 Å². The lowest BCUT2D eigenvalue weighted by atomic mass is 10.1. The van der Waals surface area contributed by atoms with Crippen molar-refractivity contribution in [1.82, 2.24) is 10.3 Å². The number of hydrogen-bond donors (Lipinski definition) is 1. The van der Waals surface area contributed by atoms with Crippen molar-refractivity contribution in [3.8, 4) is 17.4 Å². The molecule has 25 heavy (non-hydrogen) atoms. The van der Waals surface area contributed by atoms with Crippen LogP contribution in [0.15, 0.2) is 48.7 Å². The standard InChI is InChI=1S/C20H24N2O3/c1-14(2)24-20-12-11-19(13-21-20)25-18-9-7-17(8-10-18)6-5-15(3)22-16(4)23/h5-15H,1-4H3,(H,22,23)/b6-5+. The molecular formula is C20H24N2O3. The first-order valence-electron chi connectivity index (χ1n) is 8.28. The number of amides is 1. The second kappa shape index (κ2) is 8.87. The molecule has 0 fully saturated rings. The van der Waals surface area contributed by atoms with Gasteiger partial charge in [0.15, 0.2) is 0 Å². The van der Waals surface area contributed by atoms with Gasteiger partial charge in [-0.2, -0.15) is 0 Å². The van der Waals surface area contributed by atoms with Gasteiger partial charge in [0.1, 0.15) is 11.5 Å². The number of carbonyl (C=O) groups excluding carboxylic acids is 1. The zero-order valence-electron chi connectivity index (χ0n) is 15.0. The number of pyridine rings is 1. The summed E-state index contributed by atoms with van der Waals surface area (Å²) in [5.74, 6) is 1.92. The Balaban J connectivity index is 1.93. The Kier molecular flexibility index (Phi) is 6.57. The van der Waals surface area contributed by atoms with Gasteiger partial charge in [-0.05, 0) is 44.5 Å². The second-order valence-corrected chi connectivity index (χ2v) is 6.02. The minimum absolute atomic E-state index is 0.00827. The van der Waals surface area contributed by atoms with E-state index in [0.29, 0.717) is 11.6 Å². The van der Waals surface area contributed by atoms with Crippen LogP contribution in [0.1, 0.15) is 33.3 Å². The van der Waals surface area contributed by atoms with E-state index >= 15 is 0 Å². The Morgan fingerprint density at radius 3 is 2.32 bits per heavy atom. The number of benzene rings is 1. The van der Waals surface area contributed by atoms with E-state index in [2.05, 4.69) is 10.3 Å². The smallest absolute Gasteiger partial charge is 0.217 e. The van der Waals surface area contributed by atoms with Gasteiger partial charge < -0.3 is 14.8 Å². The fourth-order valence-corrected chi connectivity index (χ4v) is 2.15. The zero-order valence-corrected chi connectivity index (χ0v) is 15.0. The highest BCUT2D eigenvalue weighted by Gasteiger charge is 2.02. The Bertz CT molecular complexity index is 707. The molecule has 1 amide bonds. The van der Waals surface area contributed by atoms with E-state index < -0.39 is 0 Å². The molecule has 0 aliphatic rings. The molecule has 1 aromatic carbocycles. The normalized spacial score (nSPS) is 12.2. The molecule has 1 atom stereocenters. The molecule has 1 aromatic heterocycles. The number of nitrogens with zero attached hydrogens (tertiary/aromatic N) is 1. The molecule has 0 spiro atoms. The molecule has 1 unspecified atom stereocenters. The number of ether oxygens (including phenoxy) is 2. The molecule has 0 bridgehead atoms. The van der Waals surface area contributed by atoms with Gasteiger partial charge in [0.05, 0.1) is 12.3 Å². The average molecular weight is 340 g/mol. The maximum Gasteiger partial charge on any atom is 0.217 e. The molecule has 1 heterocycles. The highest BCUT2D eigenvalue weighted by atomic mass is 16.5. The maximum atomic E-state index is 11.0. The van der Waals surface area contributed by atoms with Gasteiger partial charge in [0, 0.05) is 19.0 Å². The van der Waals surface area contributed by atoms with Crippen LogP contribution in [0, 0.1) is 0 Å². The van der Waals surface area contributed by atoms with Crippen LogP contribution in [0.2, 0.25) is 0 Å². The summed E-state index contributed by atoms with van der Waals surface area (Å²) in [6.07, 6.45) is 5.63. The second-order valence-electron chi connectivity index (χ2n) is 6.02. The van der Waals surface area contributed by atoms with Crippen LogP contribution in [0.3, 0.4) is 0 Å². The fraction of sp³-hybridized carbons (Fsp3) is 0.300. The minimum Gasteiger partial charge on any atom is -0.475 e. The summed E-state index contributed by atoms with van der Waals surface area (Å²) in [5, 5.41) is 2.81. The van der Waals surface area contributed by atoms with Crippen molar-refractivity contribution in [3.63, 3.8) is 0 Å². The van der Waals surface area contributed by atoms with Crippen molar-refractivity contribution in [2.45, 2.75) is 39.8 Å². The van der Waals surface area contributed by atoms with Crippen molar-refractivity contribution in [1.29, 1.82) is 0 Å². The van der Waals surface area contributed by atoms with Gasteiger partial charge in [0.2, 0.25) is 11.8 Å². The first-order valence-corrected chi connectivity index (χ1v) is 8.28. The van der Waals surface area contributed by atoms with Crippen molar-refractivity contribution < 1.29 is 14.3 Å². The molecule has 5 nitrogen and oxygen atoms in total. The maximum absolute atomic E-state index is 11.0. The zero-order chi connectivity index (χ0) is 18.2. The van der Waals surface area contributed by atoms with Gasteiger partial charge in [-0.3, -0.25) is 4.79 Å². The number of nitrogens with one attached hydrogen (secondary N) is 1. The summed E-state index contributed by atoms with van der Waals surface area (Å²) in [6.45, 7) is 7.35. The molecule has 0 aliphatic heterocycles. The number of carbonyl (C=O) groups is 1. The molecule has 0 aliphatic carbocycles. The summed E-state index contributed by atoms with van der Waals surface area (Å²) in [5.41, 5.74) is 1.03.